The van der Waals surface area contributed by atoms with Gasteiger partial charge in [0.25, 0.3) is 6.10 Å². The van der Waals surface area contributed by atoms with Crippen LogP contribution in [0.1, 0.15) is 6.23 Å². The molecule has 1 saturated heterocycles. The summed E-state index contributed by atoms with van der Waals surface area (Å²) >= 11 is 0. The lowest BCUT2D eigenvalue weighted by Crippen LogP contribution is -2.62. The second-order valence-electron chi connectivity index (χ2n) is 7.17. The van der Waals surface area contributed by atoms with Gasteiger partial charge in [0.05, 0.1) is 6.33 Å². The van der Waals surface area contributed by atoms with Crippen molar-refractivity contribution in [1.29, 1.82) is 0 Å². The number of aliphatic hydroxyl groups is 1. The van der Waals surface area contributed by atoms with Crippen LogP contribution in [-0.4, -0.2) is 83.3 Å². The van der Waals surface area contributed by atoms with E-state index in [1.807, 2.05) is 0 Å². The van der Waals surface area contributed by atoms with Crippen molar-refractivity contribution >= 4 is 40.4 Å². The van der Waals surface area contributed by atoms with Gasteiger partial charge in [0.1, 0.15) is 33.9 Å². The van der Waals surface area contributed by atoms with E-state index in [1.54, 1.807) is 0 Å². The molecular weight excluding hydrogens is 629 g/mol. The third-order valence-corrected chi connectivity index (χ3v) is 8.49. The molecule has 7 N–H and O–H groups in total. The molecule has 0 radical (unpaired) electrons. The maximum absolute atomic E-state index is 12.4. The van der Waals surface area contributed by atoms with Crippen LogP contribution in [0.5, 0.6) is 0 Å². The molecule has 3 rings (SSSR count). The first kappa shape index (κ1) is 31.2. The lowest BCUT2D eigenvalue weighted by Gasteiger charge is -2.25. The number of nitrogen functional groups attached to an aromatic ring is 1. The smallest absolute Gasteiger partial charge is 0.386 e. The Hall–Kier alpha value is -3.32. The molecule has 1 aliphatic heterocycles. The van der Waals surface area contributed by atoms with Crippen molar-refractivity contribution in [1.82, 2.24) is 19.5 Å². The zero-order valence-electron chi connectivity index (χ0n) is 18.5. The van der Waals surface area contributed by atoms with Crippen molar-refractivity contribution in [3.63, 3.8) is 0 Å². The van der Waals surface area contributed by atoms with Gasteiger partial charge >= 0.3 is 34.4 Å². The summed E-state index contributed by atoms with van der Waals surface area (Å²) in [5.74, 6) is -4.82. The maximum Gasteiger partial charge on any atom is 0.643 e. The van der Waals surface area contributed by atoms with Gasteiger partial charge in [-0.1, -0.05) is 0 Å². The Balaban J connectivity index is 2.14. The number of phosphoric ester groups is 1. The molecule has 0 aromatic carbocycles. The van der Waals surface area contributed by atoms with Gasteiger partial charge in [-0.25, -0.2) is 28.6 Å². The molecule has 0 saturated carbocycles. The summed E-state index contributed by atoms with van der Waals surface area (Å²) in [7, 11) is -18.4. The molecule has 222 valence electrons. The van der Waals surface area contributed by atoms with Crippen molar-refractivity contribution in [2.75, 3.05) is 5.73 Å². The summed E-state index contributed by atoms with van der Waals surface area (Å²) in [6, 6.07) is 0. The van der Waals surface area contributed by atoms with Crippen LogP contribution in [0.15, 0.2) is 12.7 Å². The molecule has 0 aliphatic carbocycles. The number of ether oxygens (including phenoxy) is 1. The lowest BCUT2D eigenvalue weighted by molar-refractivity contribution is -0.969. The molecule has 40 heavy (non-hydrogen) atoms. The third kappa shape index (κ3) is 6.20. The highest BCUT2D eigenvalue weighted by Gasteiger charge is 2.76. The Morgan fingerprint density at radius 1 is 1.00 bits per heavy atom. The van der Waals surface area contributed by atoms with Crippen molar-refractivity contribution in [3.05, 3.63) is 43.0 Å². The van der Waals surface area contributed by atoms with E-state index in [0.29, 0.717) is 4.57 Å². The molecule has 2 aromatic heterocycles. The zero-order chi connectivity index (χ0) is 30.4. The van der Waals surface area contributed by atoms with Gasteiger partial charge in [-0.3, -0.25) is 29.3 Å². The molecule has 1 fully saturated rings. The second kappa shape index (κ2) is 10.6. The number of phosphoric acid groups is 3. The number of aliphatic hydroxyl groups excluding tert-OH is 1. The fraction of sp³-hybridized carbons (Fsp3) is 0.500. The Labute approximate surface area is 215 Å². The summed E-state index contributed by atoms with van der Waals surface area (Å²) < 4.78 is 52.0. The van der Waals surface area contributed by atoms with E-state index in [1.165, 1.54) is 0 Å². The molecule has 3 heterocycles. The molecule has 0 spiro atoms. The van der Waals surface area contributed by atoms with Gasteiger partial charge in [0.2, 0.25) is 0 Å². The van der Waals surface area contributed by atoms with Crippen molar-refractivity contribution in [3.8, 4) is 0 Å². The van der Waals surface area contributed by atoms with Crippen LogP contribution >= 0.6 is 23.5 Å². The first-order chi connectivity index (χ1) is 18.2. The Morgan fingerprint density at radius 2 is 1.60 bits per heavy atom. The zero-order valence-corrected chi connectivity index (χ0v) is 21.1. The van der Waals surface area contributed by atoms with Gasteiger partial charge in [-0.05, 0) is 0 Å². The molecule has 2 aromatic rings. The number of imidazole rings is 1. The standard InChI is InChI=1S/C10H13N8O19P3/c11-7-3-8(13-1-12-7)15(2-14-3)9-4(19)5(34-39(29,30)37-40(31,32)36-38(26,27)28)6(33-9)10(16(20)21,17(22)23)35-18(24)25/h1-2,4-6,9,19H,(H,29,30)(H,31,32)(H2,11,12,13)(H2,26,27,28)/t4-,5+,6+,9-/m1/s1. The molecule has 30 heteroatoms. The van der Waals surface area contributed by atoms with E-state index >= 15 is 0 Å². The first-order valence-electron chi connectivity index (χ1n) is 9.42. The second-order valence-corrected chi connectivity index (χ2v) is 11.5. The van der Waals surface area contributed by atoms with E-state index in [-0.39, 0.29) is 17.0 Å². The number of aromatic nitrogens is 4. The molecule has 0 bridgehead atoms. The van der Waals surface area contributed by atoms with Crippen LogP contribution in [-0.2, 0) is 36.4 Å². The number of nitrogens with zero attached hydrogens (tertiary/aromatic N) is 7. The van der Waals surface area contributed by atoms with Gasteiger partial charge in [-0.2, -0.15) is 13.5 Å². The average Bonchev–Trinajstić information content (AvgIpc) is 3.31. The van der Waals surface area contributed by atoms with Gasteiger partial charge in [0.15, 0.2) is 17.7 Å². The molecule has 2 unspecified atom stereocenters. The average molecular weight is 642 g/mol. The Kier molecular flexibility index (Phi) is 8.26. The number of hydrogen-bond donors (Lipinski definition) is 6. The van der Waals surface area contributed by atoms with Crippen LogP contribution in [0.3, 0.4) is 0 Å². The predicted octanol–water partition coefficient (Wildman–Crippen LogP) is -2.21. The number of rotatable bonds is 12. The van der Waals surface area contributed by atoms with E-state index in [0.717, 1.165) is 12.7 Å². The Bertz CT molecular complexity index is 1480. The van der Waals surface area contributed by atoms with Gasteiger partial charge in [0, 0.05) is 0 Å². The molecular formula is C10H13N8O19P3. The van der Waals surface area contributed by atoms with E-state index in [4.69, 9.17) is 20.3 Å². The summed E-state index contributed by atoms with van der Waals surface area (Å²) in [6.07, 6.45) is -9.32. The monoisotopic (exact) mass is 642 g/mol. The third-order valence-electron chi connectivity index (χ3n) is 4.65. The van der Waals surface area contributed by atoms with E-state index in [9.17, 15) is 58.9 Å². The highest BCUT2D eigenvalue weighted by atomic mass is 31.3. The minimum absolute atomic E-state index is 0.192. The first-order valence-corrected chi connectivity index (χ1v) is 13.9. The fourth-order valence-electron chi connectivity index (χ4n) is 3.31. The summed E-state index contributed by atoms with van der Waals surface area (Å²) in [5, 5.41) is 43.3. The van der Waals surface area contributed by atoms with Crippen molar-refractivity contribution in [2.24, 2.45) is 0 Å². The van der Waals surface area contributed by atoms with E-state index in [2.05, 4.69) is 32.9 Å². The topological polar surface area (TPSA) is 398 Å². The lowest BCUT2D eigenvalue weighted by atomic mass is 10.1. The normalized spacial score (nSPS) is 24.7. The highest BCUT2D eigenvalue weighted by Crippen LogP contribution is 2.67. The summed E-state index contributed by atoms with van der Waals surface area (Å²) in [6.45, 7) is 0. The number of nitro groups is 2. The largest absolute Gasteiger partial charge is 0.643 e. The summed E-state index contributed by atoms with van der Waals surface area (Å²) in [4.78, 5) is 81.7. The number of anilines is 1. The minimum Gasteiger partial charge on any atom is -0.386 e. The van der Waals surface area contributed by atoms with Crippen molar-refractivity contribution < 1.29 is 76.0 Å². The van der Waals surface area contributed by atoms with Crippen LogP contribution < -0.4 is 5.73 Å². The quantitative estimate of drug-likeness (QED) is 0.0618. The molecule has 27 nitrogen and oxygen atoms in total. The predicted molar refractivity (Wildman–Crippen MR) is 113 cm³/mol. The van der Waals surface area contributed by atoms with Crippen LogP contribution in [0.25, 0.3) is 11.2 Å². The maximum atomic E-state index is 12.4. The van der Waals surface area contributed by atoms with Gasteiger partial charge in [-0.15, -0.1) is 10.1 Å². The number of hydrogen-bond acceptors (Lipinski definition) is 19. The molecule has 1 aliphatic rings. The Morgan fingerprint density at radius 3 is 2.12 bits per heavy atom. The van der Waals surface area contributed by atoms with E-state index < -0.39 is 68.8 Å². The van der Waals surface area contributed by atoms with Crippen LogP contribution in [0.4, 0.5) is 5.82 Å². The van der Waals surface area contributed by atoms with Crippen molar-refractivity contribution in [2.45, 2.75) is 30.4 Å². The molecule has 6 atom stereocenters. The SMILES string of the molecule is Nc1ncnc2c1ncn2[C@@H]1O[C@H](C(O[N+](=O)[O-])([N+](=O)[O-])[N+](=O)[O-])[C@@H](OP(=O)(O)OP(=O)(O)OP(=O)(O)O)[C@H]1O. The molecule has 0 amide bonds. The highest BCUT2D eigenvalue weighted by molar-refractivity contribution is 7.66. The summed E-state index contributed by atoms with van der Waals surface area (Å²) in [5.41, 5.74) is 5.10. The van der Waals surface area contributed by atoms with Gasteiger partial charge < -0.3 is 35.2 Å². The van der Waals surface area contributed by atoms with Crippen LogP contribution in [0.2, 0.25) is 0 Å². The fourth-order valence-corrected chi connectivity index (χ4v) is 6.51. The minimum atomic E-state index is -6.31. The number of nitrogens with two attached hydrogens (primary N) is 1. The number of fused-ring (bicyclic) bond motifs is 1. The van der Waals surface area contributed by atoms with Crippen LogP contribution in [0, 0.1) is 30.3 Å².